The highest BCUT2D eigenvalue weighted by Gasteiger charge is 2.27. The van der Waals surface area contributed by atoms with Gasteiger partial charge in [0.2, 0.25) is 0 Å². The number of hydrogen-bond acceptors (Lipinski definition) is 5. The molecule has 0 aliphatic heterocycles. The van der Waals surface area contributed by atoms with E-state index in [1.807, 2.05) is 38.1 Å². The maximum absolute atomic E-state index is 10.8. The van der Waals surface area contributed by atoms with Crippen molar-refractivity contribution in [3.05, 3.63) is 47.4 Å². The number of aliphatic hydroxyl groups is 1. The number of furan rings is 1. The second kappa shape index (κ2) is 11.6. The van der Waals surface area contributed by atoms with E-state index in [9.17, 15) is 5.11 Å². The fraction of sp³-hybridized carbons (Fsp3) is 0.522. The summed E-state index contributed by atoms with van der Waals surface area (Å²) >= 11 is 0. The van der Waals surface area contributed by atoms with E-state index in [4.69, 9.17) is 18.9 Å². The number of halogens is 1. The molecule has 0 radical (unpaired) electrons. The molecule has 0 aliphatic rings. The van der Waals surface area contributed by atoms with Crippen LogP contribution in [0.15, 0.2) is 39.7 Å². The van der Waals surface area contributed by atoms with Crippen LogP contribution in [0.3, 0.4) is 0 Å². The van der Waals surface area contributed by atoms with Gasteiger partial charge in [0.25, 0.3) is 0 Å². The number of ether oxygens (including phenoxy) is 2. The van der Waals surface area contributed by atoms with Crippen molar-refractivity contribution >= 4 is 29.9 Å². The predicted octanol–water partition coefficient (Wildman–Crippen LogP) is 3.96. The Morgan fingerprint density at radius 1 is 1.06 bits per heavy atom. The van der Waals surface area contributed by atoms with Gasteiger partial charge in [-0.1, -0.05) is 19.9 Å². The molecule has 1 aromatic carbocycles. The van der Waals surface area contributed by atoms with Gasteiger partial charge in [0.1, 0.15) is 17.1 Å². The van der Waals surface area contributed by atoms with E-state index < -0.39 is 5.60 Å². The van der Waals surface area contributed by atoms with Gasteiger partial charge in [0.05, 0.1) is 27.3 Å². The number of rotatable bonds is 9. The van der Waals surface area contributed by atoms with Crippen LogP contribution in [0.1, 0.15) is 44.8 Å². The molecule has 7 nitrogen and oxygen atoms in total. The third kappa shape index (κ3) is 7.31. The molecule has 0 fully saturated rings. The highest BCUT2D eigenvalue weighted by molar-refractivity contribution is 14.0. The van der Waals surface area contributed by atoms with Gasteiger partial charge in [-0.3, -0.25) is 4.99 Å². The lowest BCUT2D eigenvalue weighted by Crippen LogP contribution is -2.45. The number of methoxy groups -OCH3 is 2. The summed E-state index contributed by atoms with van der Waals surface area (Å²) in [5.41, 5.74) is -0.288. The van der Waals surface area contributed by atoms with E-state index in [1.54, 1.807) is 27.2 Å². The molecule has 31 heavy (non-hydrogen) atoms. The zero-order chi connectivity index (χ0) is 22.4. The molecule has 0 amide bonds. The van der Waals surface area contributed by atoms with E-state index in [-0.39, 0.29) is 35.9 Å². The number of hydrogen-bond donors (Lipinski definition) is 3. The van der Waals surface area contributed by atoms with Gasteiger partial charge in [0.15, 0.2) is 17.5 Å². The summed E-state index contributed by atoms with van der Waals surface area (Å²) in [5, 5.41) is 17.2. The van der Waals surface area contributed by atoms with Gasteiger partial charge in [-0.15, -0.1) is 24.0 Å². The second-order valence-electron chi connectivity index (χ2n) is 8.19. The van der Waals surface area contributed by atoms with Crippen molar-refractivity contribution in [1.29, 1.82) is 0 Å². The average molecular weight is 545 g/mol. The molecule has 2 aromatic rings. The molecule has 1 heterocycles. The van der Waals surface area contributed by atoms with Crippen LogP contribution in [-0.2, 0) is 11.0 Å². The van der Waals surface area contributed by atoms with Crippen LogP contribution in [0.2, 0.25) is 0 Å². The summed E-state index contributed by atoms with van der Waals surface area (Å²) < 4.78 is 16.3. The van der Waals surface area contributed by atoms with E-state index in [0.29, 0.717) is 36.3 Å². The van der Waals surface area contributed by atoms with Crippen molar-refractivity contribution < 1.29 is 19.0 Å². The van der Waals surface area contributed by atoms with Crippen molar-refractivity contribution in [1.82, 2.24) is 10.6 Å². The smallest absolute Gasteiger partial charge is 0.191 e. The highest BCUT2D eigenvalue weighted by Crippen LogP contribution is 2.33. The minimum absolute atomic E-state index is 0. The molecule has 0 saturated carbocycles. The average Bonchev–Trinajstić information content (AvgIpc) is 3.16. The number of aliphatic imine (C=N–C) groups is 1. The molecular weight excluding hydrogens is 509 g/mol. The topological polar surface area (TPSA) is 88.3 Å². The number of guanidine groups is 1. The second-order valence-corrected chi connectivity index (χ2v) is 8.19. The van der Waals surface area contributed by atoms with E-state index in [0.717, 1.165) is 11.3 Å². The molecule has 0 spiro atoms. The summed E-state index contributed by atoms with van der Waals surface area (Å²) in [7, 11) is 3.26. The normalized spacial score (nSPS) is 13.7. The Kier molecular flexibility index (Phi) is 10.2. The van der Waals surface area contributed by atoms with E-state index >= 15 is 0 Å². The van der Waals surface area contributed by atoms with Crippen LogP contribution in [0.4, 0.5) is 0 Å². The lowest BCUT2D eigenvalue weighted by Gasteiger charge is -2.26. The van der Waals surface area contributed by atoms with Crippen LogP contribution >= 0.6 is 24.0 Å². The molecule has 0 bridgehead atoms. The summed E-state index contributed by atoms with van der Waals surface area (Å²) in [6.07, 6.45) is 0. The summed E-state index contributed by atoms with van der Waals surface area (Å²) in [6.45, 7) is 11.4. The molecular formula is C23H36IN3O4. The molecule has 1 unspecified atom stereocenters. The molecule has 1 atom stereocenters. The largest absolute Gasteiger partial charge is 0.493 e. The minimum Gasteiger partial charge on any atom is -0.493 e. The predicted molar refractivity (Wildman–Crippen MR) is 135 cm³/mol. The molecule has 2 rings (SSSR count). The van der Waals surface area contributed by atoms with Gasteiger partial charge >= 0.3 is 0 Å². The van der Waals surface area contributed by atoms with Crippen LogP contribution in [0, 0.1) is 6.92 Å². The molecule has 1 aromatic heterocycles. The standard InChI is InChI=1S/C23H35N3O4.HI/c1-8-24-21(26-15-23(5,27)20-12-9-16(2)30-20)25-14-22(3,4)17-10-11-18(28-6)19(13-17)29-7;/h9-13,27H,8,14-15H2,1-7H3,(H2,24,25,26);1H. The van der Waals surface area contributed by atoms with Gasteiger partial charge in [-0.05, 0) is 50.6 Å². The minimum atomic E-state index is -1.15. The lowest BCUT2D eigenvalue weighted by molar-refractivity contribution is 0.0378. The van der Waals surface area contributed by atoms with Crippen molar-refractivity contribution in [2.45, 2.75) is 45.6 Å². The quantitative estimate of drug-likeness (QED) is 0.251. The first-order chi connectivity index (χ1) is 14.1. The first-order valence-corrected chi connectivity index (χ1v) is 10.2. The van der Waals surface area contributed by atoms with Gasteiger partial charge in [0, 0.05) is 12.0 Å². The lowest BCUT2D eigenvalue weighted by atomic mass is 9.84. The van der Waals surface area contributed by atoms with Gasteiger partial charge in [-0.2, -0.15) is 0 Å². The van der Waals surface area contributed by atoms with Crippen molar-refractivity contribution in [2.24, 2.45) is 4.99 Å². The first kappa shape index (κ1) is 27.1. The number of aryl methyl sites for hydroxylation is 1. The van der Waals surface area contributed by atoms with E-state index in [1.165, 1.54) is 0 Å². The van der Waals surface area contributed by atoms with Crippen molar-refractivity contribution in [3.8, 4) is 11.5 Å². The first-order valence-electron chi connectivity index (χ1n) is 10.2. The van der Waals surface area contributed by atoms with Crippen molar-refractivity contribution in [2.75, 3.05) is 33.9 Å². The molecule has 3 N–H and O–H groups in total. The number of nitrogens with one attached hydrogen (secondary N) is 2. The summed E-state index contributed by atoms with van der Waals surface area (Å²) in [4.78, 5) is 4.74. The molecule has 174 valence electrons. The van der Waals surface area contributed by atoms with Crippen molar-refractivity contribution in [3.63, 3.8) is 0 Å². The Bertz CT molecular complexity index is 862. The monoisotopic (exact) mass is 545 g/mol. The van der Waals surface area contributed by atoms with Crippen LogP contribution in [0.5, 0.6) is 11.5 Å². The Hall–Kier alpha value is -1.94. The van der Waals surface area contributed by atoms with Gasteiger partial charge in [-0.25, -0.2) is 0 Å². The number of benzene rings is 1. The Balaban J connectivity index is 0.00000480. The van der Waals surface area contributed by atoms with E-state index in [2.05, 4.69) is 24.5 Å². The third-order valence-electron chi connectivity index (χ3n) is 5.01. The summed E-state index contributed by atoms with van der Waals surface area (Å²) in [6, 6.07) is 9.56. The SMILES string of the molecule is CCNC(=NCC(C)(C)c1ccc(OC)c(OC)c1)NCC(C)(O)c1ccc(C)o1.I. The molecule has 8 heteroatoms. The Morgan fingerprint density at radius 2 is 1.74 bits per heavy atom. The fourth-order valence-corrected chi connectivity index (χ4v) is 3.03. The fourth-order valence-electron chi connectivity index (χ4n) is 3.03. The maximum atomic E-state index is 10.8. The Morgan fingerprint density at radius 3 is 2.29 bits per heavy atom. The molecule has 0 aliphatic carbocycles. The summed E-state index contributed by atoms with van der Waals surface area (Å²) in [5.74, 6) is 3.32. The number of nitrogens with zero attached hydrogens (tertiary/aromatic N) is 1. The maximum Gasteiger partial charge on any atom is 0.191 e. The highest BCUT2D eigenvalue weighted by atomic mass is 127. The Labute approximate surface area is 202 Å². The van der Waals surface area contributed by atoms with Crippen LogP contribution in [0.25, 0.3) is 0 Å². The molecule has 0 saturated heterocycles. The third-order valence-corrected chi connectivity index (χ3v) is 5.01. The van der Waals surface area contributed by atoms with Crippen LogP contribution in [-0.4, -0.2) is 44.9 Å². The zero-order valence-corrected chi connectivity index (χ0v) is 21.9. The zero-order valence-electron chi connectivity index (χ0n) is 19.5. The van der Waals surface area contributed by atoms with Crippen LogP contribution < -0.4 is 20.1 Å². The van der Waals surface area contributed by atoms with Gasteiger partial charge < -0.3 is 29.6 Å².